The molecule has 0 bridgehead atoms. The summed E-state index contributed by atoms with van der Waals surface area (Å²) in [6.07, 6.45) is -6.45. The van der Waals surface area contributed by atoms with Crippen LogP contribution in [0.25, 0.3) is 10.4 Å². The molecule has 1 heterocycles. The normalized spacial score (nSPS) is 30.2. The van der Waals surface area contributed by atoms with E-state index in [1.807, 2.05) is 0 Å². The number of nitrogens with one attached hydrogen (secondary N) is 1. The van der Waals surface area contributed by atoms with E-state index in [4.69, 9.17) is 10.3 Å². The van der Waals surface area contributed by atoms with Crippen molar-refractivity contribution in [3.63, 3.8) is 0 Å². The van der Waals surface area contributed by atoms with Gasteiger partial charge in [0.1, 0.15) is 18.2 Å². The SMILES string of the molecule is CC(=O)N[C@H]1C(OP(=O)([O-])[O-])O[C@H](CN=[N+]=[N-])[C@@H](O)[C@@H]1O.[Na+].[Na+]. The predicted octanol–water partition coefficient (Wildman–Crippen LogP) is -8.90. The van der Waals surface area contributed by atoms with Crippen LogP contribution in [0.3, 0.4) is 0 Å². The molecule has 0 saturated carbocycles. The molecule has 1 saturated heterocycles. The molecule has 1 aliphatic rings. The molecule has 15 heteroatoms. The second kappa shape index (κ2) is 11.4. The quantitative estimate of drug-likeness (QED) is 0.139. The van der Waals surface area contributed by atoms with E-state index < -0.39 is 50.9 Å². The van der Waals surface area contributed by atoms with Crippen LogP contribution in [-0.4, -0.2) is 53.3 Å². The molecule has 1 rings (SSSR count). The first-order chi connectivity index (χ1) is 9.65. The second-order valence-electron chi connectivity index (χ2n) is 4.22. The number of aliphatic hydroxyl groups is 2. The number of ether oxygens (including phenoxy) is 1. The monoisotopic (exact) mass is 370 g/mol. The van der Waals surface area contributed by atoms with Crippen molar-refractivity contribution in [1.82, 2.24) is 5.32 Å². The Morgan fingerprint density at radius 3 is 2.43 bits per heavy atom. The standard InChI is InChI=1S/C8H15N4O8P.2Na/c1-3(13)11-5-7(15)6(14)4(2-10-12-9)19-8(5)20-21(16,17)18;;/h4-8,14-15H,2H2,1H3,(H,11,13)(H2,16,17,18);;/q;2*+1/p-2/t4-,5-,6-,7-,8?;;/m1../s1. The van der Waals surface area contributed by atoms with Gasteiger partial charge in [0.2, 0.25) is 5.91 Å². The van der Waals surface area contributed by atoms with E-state index in [-0.39, 0.29) is 59.1 Å². The molecule has 0 spiro atoms. The number of aliphatic hydroxyl groups excluding tert-OH is 2. The third kappa shape index (κ3) is 8.61. The van der Waals surface area contributed by atoms with Crippen molar-refractivity contribution >= 4 is 13.7 Å². The maximum atomic E-state index is 11.0. The number of hydrogen-bond acceptors (Lipinski definition) is 9. The summed E-state index contributed by atoms with van der Waals surface area (Å²) in [6, 6.07) is -1.49. The second-order valence-corrected chi connectivity index (χ2v) is 5.32. The minimum atomic E-state index is -5.49. The van der Waals surface area contributed by atoms with Crippen LogP contribution in [0.4, 0.5) is 0 Å². The molecule has 0 aromatic heterocycles. The zero-order valence-corrected chi connectivity index (χ0v) is 17.6. The first-order valence-corrected chi connectivity index (χ1v) is 7.12. The van der Waals surface area contributed by atoms with E-state index in [2.05, 4.69) is 19.9 Å². The molecular formula is C8H13N4Na2O8P. The van der Waals surface area contributed by atoms with Gasteiger partial charge >= 0.3 is 59.1 Å². The Balaban J connectivity index is 0. The van der Waals surface area contributed by atoms with Crippen molar-refractivity contribution in [2.75, 3.05) is 6.54 Å². The summed E-state index contributed by atoms with van der Waals surface area (Å²) in [4.78, 5) is 34.8. The third-order valence-electron chi connectivity index (χ3n) is 2.63. The number of hydrogen-bond donors (Lipinski definition) is 3. The molecular weight excluding hydrogens is 357 g/mol. The van der Waals surface area contributed by atoms with Crippen molar-refractivity contribution in [3.05, 3.63) is 10.4 Å². The van der Waals surface area contributed by atoms with Crippen LogP contribution in [-0.2, 0) is 18.6 Å². The fraction of sp³-hybridized carbons (Fsp3) is 0.875. The number of carbonyl (C=O) groups excluding carboxylic acids is 1. The van der Waals surface area contributed by atoms with Gasteiger partial charge in [0.05, 0.1) is 20.5 Å². The zero-order chi connectivity index (χ0) is 16.2. The van der Waals surface area contributed by atoms with Gasteiger partial charge in [0.15, 0.2) is 6.29 Å². The number of phosphoric ester groups is 1. The number of carbonyl (C=O) groups is 1. The van der Waals surface area contributed by atoms with Gasteiger partial charge in [-0.25, -0.2) is 0 Å². The third-order valence-corrected chi connectivity index (χ3v) is 3.09. The molecule has 0 aliphatic carbocycles. The topological polar surface area (TPSA) is 200 Å². The van der Waals surface area contributed by atoms with Crippen LogP contribution in [0, 0.1) is 0 Å². The molecule has 23 heavy (non-hydrogen) atoms. The average molecular weight is 370 g/mol. The largest absolute Gasteiger partial charge is 1.00 e. The Morgan fingerprint density at radius 1 is 1.43 bits per heavy atom. The Labute approximate surface area is 175 Å². The summed E-state index contributed by atoms with van der Waals surface area (Å²) in [6.45, 7) is 0.625. The van der Waals surface area contributed by atoms with Crippen molar-refractivity contribution in [3.8, 4) is 0 Å². The minimum absolute atomic E-state index is 0. The number of amides is 1. The molecule has 0 aromatic carbocycles. The van der Waals surface area contributed by atoms with Gasteiger partial charge in [-0.3, -0.25) is 4.79 Å². The van der Waals surface area contributed by atoms with Crippen LogP contribution < -0.4 is 74.2 Å². The van der Waals surface area contributed by atoms with Crippen LogP contribution in [0.5, 0.6) is 0 Å². The molecule has 1 amide bonds. The Morgan fingerprint density at radius 2 is 2.00 bits per heavy atom. The van der Waals surface area contributed by atoms with E-state index in [0.717, 1.165) is 6.92 Å². The summed E-state index contributed by atoms with van der Waals surface area (Å²) in [5.74, 6) is -0.677. The molecule has 3 N–H and O–H groups in total. The Kier molecular flexibility index (Phi) is 12.9. The molecule has 0 aromatic rings. The smallest absolute Gasteiger partial charge is 0.790 e. The Bertz CT molecular complexity index is 487. The van der Waals surface area contributed by atoms with Crippen molar-refractivity contribution in [2.24, 2.45) is 5.11 Å². The van der Waals surface area contributed by atoms with Gasteiger partial charge in [0.25, 0.3) is 0 Å². The zero-order valence-electron chi connectivity index (χ0n) is 12.7. The van der Waals surface area contributed by atoms with E-state index in [1.54, 1.807) is 0 Å². The summed E-state index contributed by atoms with van der Waals surface area (Å²) in [5.41, 5.74) is 8.20. The Hall–Kier alpha value is 0.770. The number of rotatable bonds is 5. The molecule has 12 nitrogen and oxygen atoms in total. The van der Waals surface area contributed by atoms with Gasteiger partial charge in [-0.05, 0) is 5.53 Å². The van der Waals surface area contributed by atoms with E-state index in [1.165, 1.54) is 0 Å². The van der Waals surface area contributed by atoms with E-state index in [9.17, 15) is 29.4 Å². The van der Waals surface area contributed by atoms with Crippen molar-refractivity contribution < 1.29 is 97.7 Å². The van der Waals surface area contributed by atoms with Gasteiger partial charge in [-0.2, -0.15) is 0 Å². The molecule has 120 valence electrons. The maximum Gasteiger partial charge on any atom is 1.00 e. The number of azide groups is 1. The van der Waals surface area contributed by atoms with Crippen molar-refractivity contribution in [1.29, 1.82) is 0 Å². The van der Waals surface area contributed by atoms with E-state index in [0.29, 0.717) is 0 Å². The number of nitrogens with zero attached hydrogens (tertiary/aromatic N) is 3. The summed E-state index contributed by atoms with van der Waals surface area (Å²) >= 11 is 0. The van der Waals surface area contributed by atoms with Gasteiger partial charge < -0.3 is 39.1 Å². The first kappa shape index (κ1) is 26.0. The molecule has 1 fully saturated rings. The van der Waals surface area contributed by atoms with Gasteiger partial charge in [-0.1, -0.05) is 5.11 Å². The van der Waals surface area contributed by atoms with Gasteiger partial charge in [-0.15, -0.1) is 0 Å². The fourth-order valence-electron chi connectivity index (χ4n) is 1.80. The summed E-state index contributed by atoms with van der Waals surface area (Å²) < 4.78 is 19.8. The van der Waals surface area contributed by atoms with Crippen LogP contribution >= 0.6 is 7.82 Å². The minimum Gasteiger partial charge on any atom is -0.790 e. The molecule has 0 radical (unpaired) electrons. The van der Waals surface area contributed by atoms with Crippen LogP contribution in [0.2, 0.25) is 0 Å². The average Bonchev–Trinajstić information content (AvgIpc) is 2.34. The van der Waals surface area contributed by atoms with E-state index >= 15 is 0 Å². The molecule has 1 unspecified atom stereocenters. The first-order valence-electron chi connectivity index (χ1n) is 5.65. The summed E-state index contributed by atoms with van der Waals surface area (Å²) in [7, 11) is -5.49. The summed E-state index contributed by atoms with van der Waals surface area (Å²) in [5, 5.41) is 24.9. The number of phosphoric acid groups is 1. The van der Waals surface area contributed by atoms with Crippen molar-refractivity contribution in [2.45, 2.75) is 37.6 Å². The van der Waals surface area contributed by atoms with Crippen LogP contribution in [0.1, 0.15) is 6.92 Å². The maximum absolute atomic E-state index is 11.0. The molecule has 1 aliphatic heterocycles. The predicted molar refractivity (Wildman–Crippen MR) is 61.0 cm³/mol. The van der Waals surface area contributed by atoms with Gasteiger partial charge in [0, 0.05) is 11.8 Å². The van der Waals surface area contributed by atoms with Crippen LogP contribution in [0.15, 0.2) is 5.11 Å². The molecule has 5 atom stereocenters. The fourth-order valence-corrected chi connectivity index (χ4v) is 2.24.